The highest BCUT2D eigenvalue weighted by atomic mass is 16.5. The lowest BCUT2D eigenvalue weighted by atomic mass is 9.81. The molecule has 0 N–H and O–H groups in total. The van der Waals surface area contributed by atoms with E-state index >= 15 is 0 Å². The van der Waals surface area contributed by atoms with Gasteiger partial charge in [-0.1, -0.05) is 0 Å². The molecule has 0 aromatic rings. The third-order valence-electron chi connectivity index (χ3n) is 3.66. The van der Waals surface area contributed by atoms with E-state index in [0.717, 1.165) is 17.7 Å². The minimum atomic E-state index is -1.41. The van der Waals surface area contributed by atoms with Crippen LogP contribution in [0.1, 0.15) is 12.8 Å². The predicted octanol–water partition coefficient (Wildman–Crippen LogP) is -2.10. The van der Waals surface area contributed by atoms with Gasteiger partial charge < -0.3 is 14.6 Å². The van der Waals surface area contributed by atoms with Crippen molar-refractivity contribution in [3.8, 4) is 0 Å². The van der Waals surface area contributed by atoms with Crippen molar-refractivity contribution in [1.82, 2.24) is 4.90 Å². The van der Waals surface area contributed by atoms with E-state index in [0.29, 0.717) is 0 Å². The van der Waals surface area contributed by atoms with Gasteiger partial charge >= 0.3 is 0 Å². The van der Waals surface area contributed by atoms with Gasteiger partial charge in [0.1, 0.15) is 0 Å². The van der Waals surface area contributed by atoms with E-state index in [2.05, 4.69) is 0 Å². The van der Waals surface area contributed by atoms with Crippen molar-refractivity contribution in [2.45, 2.75) is 25.0 Å². The van der Waals surface area contributed by atoms with Crippen LogP contribution >= 0.6 is 0 Å². The van der Waals surface area contributed by atoms with Crippen molar-refractivity contribution >= 4 is 17.8 Å². The average molecular weight is 224 g/mol. The number of carboxylic acid groups (broad SMARTS) is 1. The van der Waals surface area contributed by atoms with Gasteiger partial charge in [-0.15, -0.1) is 0 Å². The first-order valence-electron chi connectivity index (χ1n) is 5.30. The van der Waals surface area contributed by atoms with E-state index in [4.69, 9.17) is 4.74 Å². The summed E-state index contributed by atoms with van der Waals surface area (Å²) in [6.45, 7) is -0.635. The molecule has 2 amide bonds. The van der Waals surface area contributed by atoms with Crippen molar-refractivity contribution in [3.05, 3.63) is 0 Å². The number of hydrogen-bond acceptors (Lipinski definition) is 5. The molecule has 0 aliphatic carbocycles. The number of amides is 2. The Morgan fingerprint density at radius 2 is 1.75 bits per heavy atom. The van der Waals surface area contributed by atoms with Crippen molar-refractivity contribution in [2.24, 2.45) is 11.8 Å². The summed E-state index contributed by atoms with van der Waals surface area (Å²) in [4.78, 5) is 35.0. The van der Waals surface area contributed by atoms with E-state index in [1.54, 1.807) is 0 Å². The Balaban J connectivity index is 1.89. The predicted molar refractivity (Wildman–Crippen MR) is 46.6 cm³/mol. The second kappa shape index (κ2) is 3.04. The first-order chi connectivity index (χ1) is 7.59. The minimum absolute atomic E-state index is 0.196. The second-order valence-corrected chi connectivity index (χ2v) is 4.48. The van der Waals surface area contributed by atoms with Crippen LogP contribution in [0.5, 0.6) is 0 Å². The first kappa shape index (κ1) is 9.77. The molecule has 2 bridgehead atoms. The van der Waals surface area contributed by atoms with Crippen LogP contribution in [0.3, 0.4) is 0 Å². The van der Waals surface area contributed by atoms with Gasteiger partial charge in [-0.05, 0) is 12.8 Å². The van der Waals surface area contributed by atoms with E-state index in [1.807, 2.05) is 0 Å². The molecule has 86 valence electrons. The van der Waals surface area contributed by atoms with Gasteiger partial charge in [0.2, 0.25) is 11.8 Å². The Kier molecular flexibility index (Phi) is 1.85. The van der Waals surface area contributed by atoms with Crippen LogP contribution in [-0.2, 0) is 19.1 Å². The van der Waals surface area contributed by atoms with Crippen LogP contribution < -0.4 is 5.11 Å². The average Bonchev–Trinajstić information content (AvgIpc) is 2.87. The van der Waals surface area contributed by atoms with E-state index < -0.39 is 36.2 Å². The lowest BCUT2D eigenvalue weighted by Gasteiger charge is -2.17. The molecule has 3 saturated heterocycles. The van der Waals surface area contributed by atoms with Gasteiger partial charge in [-0.3, -0.25) is 14.5 Å². The number of aliphatic carboxylic acids is 1. The summed E-state index contributed by atoms with van der Waals surface area (Å²) in [6, 6.07) is 0. The van der Waals surface area contributed by atoms with Crippen LogP contribution in [0, 0.1) is 11.8 Å². The Hall–Kier alpha value is -1.43. The molecule has 3 aliphatic rings. The highest BCUT2D eigenvalue weighted by molar-refractivity contribution is 6.07. The number of fused-ring (bicyclic) bond motifs is 5. The maximum atomic E-state index is 11.9. The van der Waals surface area contributed by atoms with Crippen molar-refractivity contribution in [2.75, 3.05) is 6.54 Å². The molecule has 6 heteroatoms. The summed E-state index contributed by atoms with van der Waals surface area (Å²) in [6.07, 6.45) is 1.17. The summed E-state index contributed by atoms with van der Waals surface area (Å²) in [5.74, 6) is -3.14. The zero-order valence-electron chi connectivity index (χ0n) is 8.42. The highest BCUT2D eigenvalue weighted by Crippen LogP contribution is 2.48. The summed E-state index contributed by atoms with van der Waals surface area (Å²) in [5, 5.41) is 10.5. The number of carbonyl (C=O) groups excluding carboxylic acids is 3. The number of ether oxygens (including phenoxy) is 1. The molecule has 6 nitrogen and oxygen atoms in total. The topological polar surface area (TPSA) is 86.7 Å². The van der Waals surface area contributed by atoms with Crippen LogP contribution in [0.2, 0.25) is 0 Å². The first-order valence-corrected chi connectivity index (χ1v) is 5.30. The molecule has 0 aromatic heterocycles. The number of imide groups is 1. The molecule has 3 fully saturated rings. The SMILES string of the molecule is O=C([O-])CN1C(=O)[C@@H]2[C@H](C1=O)[C@@H]1CC[C@H]2O1. The minimum Gasteiger partial charge on any atom is -0.548 e. The van der Waals surface area contributed by atoms with E-state index in [-0.39, 0.29) is 12.2 Å². The summed E-state index contributed by atoms with van der Waals surface area (Å²) in [5.41, 5.74) is 0. The fraction of sp³-hybridized carbons (Fsp3) is 0.700. The summed E-state index contributed by atoms with van der Waals surface area (Å²) < 4.78 is 5.50. The molecule has 3 rings (SSSR count). The largest absolute Gasteiger partial charge is 0.548 e. The van der Waals surface area contributed by atoms with Crippen LogP contribution in [-0.4, -0.2) is 41.4 Å². The lowest BCUT2D eigenvalue weighted by molar-refractivity contribution is -0.305. The fourth-order valence-corrected chi connectivity index (χ4v) is 3.06. The number of nitrogens with zero attached hydrogens (tertiary/aromatic N) is 1. The fourth-order valence-electron chi connectivity index (χ4n) is 3.06. The van der Waals surface area contributed by atoms with Gasteiger partial charge in [-0.2, -0.15) is 0 Å². The molecule has 0 aromatic carbocycles. The molecular formula is C10H10NO5-. The maximum Gasteiger partial charge on any atom is 0.236 e. The van der Waals surface area contributed by atoms with Gasteiger partial charge in [0.15, 0.2) is 0 Å². The Morgan fingerprint density at radius 3 is 2.19 bits per heavy atom. The molecule has 0 spiro atoms. The quantitative estimate of drug-likeness (QED) is 0.501. The Labute approximate surface area is 91.2 Å². The summed E-state index contributed by atoms with van der Waals surface area (Å²) >= 11 is 0. The van der Waals surface area contributed by atoms with E-state index in [1.165, 1.54) is 0 Å². The normalized spacial score (nSPS) is 40.6. The van der Waals surface area contributed by atoms with Crippen LogP contribution in [0.4, 0.5) is 0 Å². The third kappa shape index (κ3) is 1.07. The lowest BCUT2D eigenvalue weighted by Crippen LogP contribution is -2.43. The molecule has 16 heavy (non-hydrogen) atoms. The smallest absolute Gasteiger partial charge is 0.236 e. The number of hydrogen-bond donors (Lipinski definition) is 0. The number of carboxylic acids is 1. The zero-order chi connectivity index (χ0) is 11.4. The molecular weight excluding hydrogens is 214 g/mol. The number of likely N-dealkylation sites (tertiary alicyclic amines) is 1. The molecule has 3 aliphatic heterocycles. The Morgan fingerprint density at radius 1 is 1.25 bits per heavy atom. The molecule has 0 radical (unpaired) electrons. The maximum absolute atomic E-state index is 11.9. The summed E-state index contributed by atoms with van der Waals surface area (Å²) in [7, 11) is 0. The molecule has 0 saturated carbocycles. The molecule has 4 atom stereocenters. The van der Waals surface area contributed by atoms with Gasteiger partial charge in [0.25, 0.3) is 0 Å². The van der Waals surface area contributed by atoms with Gasteiger partial charge in [-0.25, -0.2) is 0 Å². The van der Waals surface area contributed by atoms with E-state index in [9.17, 15) is 19.5 Å². The van der Waals surface area contributed by atoms with Crippen LogP contribution in [0.25, 0.3) is 0 Å². The van der Waals surface area contributed by atoms with Crippen molar-refractivity contribution < 1.29 is 24.2 Å². The second-order valence-electron chi connectivity index (χ2n) is 4.48. The van der Waals surface area contributed by atoms with Gasteiger partial charge in [0, 0.05) is 0 Å². The van der Waals surface area contributed by atoms with Crippen molar-refractivity contribution in [3.63, 3.8) is 0 Å². The standard InChI is InChI=1S/C10H11NO5/c12-6(13)3-11-9(14)7-4-1-2-5(16-4)8(7)10(11)15/h4-5,7-8H,1-3H2,(H,12,13)/p-1/t4-,5+,7+,8-. The van der Waals surface area contributed by atoms with Crippen LogP contribution in [0.15, 0.2) is 0 Å². The highest BCUT2D eigenvalue weighted by Gasteiger charge is 2.62. The third-order valence-corrected chi connectivity index (χ3v) is 3.66. The number of rotatable bonds is 2. The zero-order valence-corrected chi connectivity index (χ0v) is 8.42. The number of carbonyl (C=O) groups is 3. The molecule has 0 unspecified atom stereocenters. The monoisotopic (exact) mass is 224 g/mol. The Bertz CT molecular complexity index is 365. The van der Waals surface area contributed by atoms with Crippen molar-refractivity contribution in [1.29, 1.82) is 0 Å². The van der Waals surface area contributed by atoms with Gasteiger partial charge in [0.05, 0.1) is 36.6 Å². The molecule has 3 heterocycles.